The first-order valence-corrected chi connectivity index (χ1v) is 7.61. The van der Waals surface area contributed by atoms with Gasteiger partial charge in [-0.1, -0.05) is 43.5 Å². The molecular formula is C16H22ClNO2. The van der Waals surface area contributed by atoms with Gasteiger partial charge in [0.2, 0.25) is 5.91 Å². The quantitative estimate of drug-likeness (QED) is 0.877. The Bertz CT molecular complexity index is 452. The molecule has 0 aliphatic heterocycles. The minimum Gasteiger partial charge on any atom is -0.388 e. The summed E-state index contributed by atoms with van der Waals surface area (Å²) in [5.74, 6) is -0.110. The predicted octanol–water partition coefficient (Wildman–Crippen LogP) is 2.94. The molecule has 0 bridgehead atoms. The number of hydrogen-bond donors (Lipinski definition) is 2. The van der Waals surface area contributed by atoms with E-state index in [4.69, 9.17) is 11.6 Å². The third kappa shape index (κ3) is 4.22. The van der Waals surface area contributed by atoms with Crippen molar-refractivity contribution in [2.75, 3.05) is 6.54 Å². The molecule has 0 aromatic heterocycles. The van der Waals surface area contributed by atoms with Gasteiger partial charge in [-0.15, -0.1) is 0 Å². The van der Waals surface area contributed by atoms with Crippen LogP contribution in [0.3, 0.4) is 0 Å². The highest BCUT2D eigenvalue weighted by atomic mass is 35.5. The Kier molecular flexibility index (Phi) is 5.06. The van der Waals surface area contributed by atoms with E-state index < -0.39 is 5.60 Å². The van der Waals surface area contributed by atoms with Crippen molar-refractivity contribution in [3.05, 3.63) is 34.9 Å². The van der Waals surface area contributed by atoms with Gasteiger partial charge in [-0.05, 0) is 37.0 Å². The fourth-order valence-electron chi connectivity index (χ4n) is 2.70. The largest absolute Gasteiger partial charge is 0.388 e. The molecule has 1 atom stereocenters. The van der Waals surface area contributed by atoms with E-state index in [0.717, 1.165) is 31.2 Å². The maximum absolute atomic E-state index is 12.1. The number of halogens is 1. The molecule has 110 valence electrons. The lowest BCUT2D eigenvalue weighted by Crippen LogP contribution is -2.42. The number of hydrogen-bond acceptors (Lipinski definition) is 2. The van der Waals surface area contributed by atoms with E-state index in [1.54, 1.807) is 0 Å². The molecule has 1 unspecified atom stereocenters. The first kappa shape index (κ1) is 15.3. The second kappa shape index (κ2) is 6.59. The molecule has 4 heteroatoms. The summed E-state index contributed by atoms with van der Waals surface area (Å²) < 4.78 is 0. The number of amides is 1. The molecular weight excluding hydrogens is 274 g/mol. The van der Waals surface area contributed by atoms with Crippen molar-refractivity contribution < 1.29 is 9.90 Å². The van der Waals surface area contributed by atoms with Crippen LogP contribution in [0.2, 0.25) is 5.02 Å². The van der Waals surface area contributed by atoms with Crippen LogP contribution >= 0.6 is 11.6 Å². The van der Waals surface area contributed by atoms with Crippen LogP contribution in [0.5, 0.6) is 0 Å². The minimum atomic E-state index is -0.685. The van der Waals surface area contributed by atoms with Crippen LogP contribution in [0.4, 0.5) is 0 Å². The Morgan fingerprint density at radius 2 is 1.95 bits per heavy atom. The van der Waals surface area contributed by atoms with E-state index in [1.165, 1.54) is 0 Å². The normalized spacial score (nSPS) is 18.8. The standard InChI is InChI=1S/C16H22ClNO2/c1-12(10-13-4-6-14(17)7-5-13)15(19)18-11-16(20)8-2-3-9-16/h4-7,12,20H,2-3,8-11H2,1H3,(H,18,19). The maximum Gasteiger partial charge on any atom is 0.223 e. The summed E-state index contributed by atoms with van der Waals surface area (Å²) in [6, 6.07) is 7.55. The number of benzene rings is 1. The summed E-state index contributed by atoms with van der Waals surface area (Å²) in [6.07, 6.45) is 4.36. The zero-order valence-corrected chi connectivity index (χ0v) is 12.6. The zero-order valence-electron chi connectivity index (χ0n) is 11.9. The van der Waals surface area contributed by atoms with E-state index in [-0.39, 0.29) is 11.8 Å². The average molecular weight is 296 g/mol. The fourth-order valence-corrected chi connectivity index (χ4v) is 2.83. The summed E-state index contributed by atoms with van der Waals surface area (Å²) >= 11 is 5.84. The smallest absolute Gasteiger partial charge is 0.223 e. The number of aliphatic hydroxyl groups is 1. The van der Waals surface area contributed by atoms with E-state index in [0.29, 0.717) is 18.0 Å². The Hall–Kier alpha value is -1.06. The molecule has 1 amide bonds. The SMILES string of the molecule is CC(Cc1ccc(Cl)cc1)C(=O)NCC1(O)CCCC1. The van der Waals surface area contributed by atoms with E-state index in [9.17, 15) is 9.90 Å². The van der Waals surface area contributed by atoms with Crippen LogP contribution in [0.15, 0.2) is 24.3 Å². The molecule has 1 aliphatic rings. The molecule has 0 radical (unpaired) electrons. The Morgan fingerprint density at radius 3 is 2.55 bits per heavy atom. The van der Waals surface area contributed by atoms with Crippen molar-refractivity contribution in [2.45, 2.75) is 44.6 Å². The number of carbonyl (C=O) groups excluding carboxylic acids is 1. The van der Waals surface area contributed by atoms with Gasteiger partial charge in [0, 0.05) is 17.5 Å². The summed E-state index contributed by atoms with van der Waals surface area (Å²) in [6.45, 7) is 2.28. The minimum absolute atomic E-state index is 0.000255. The van der Waals surface area contributed by atoms with Crippen molar-refractivity contribution >= 4 is 17.5 Å². The first-order valence-electron chi connectivity index (χ1n) is 7.23. The van der Waals surface area contributed by atoms with Crippen LogP contribution in [-0.2, 0) is 11.2 Å². The Labute approximate surface area is 125 Å². The van der Waals surface area contributed by atoms with Crippen LogP contribution in [0.1, 0.15) is 38.2 Å². The maximum atomic E-state index is 12.1. The molecule has 1 aliphatic carbocycles. The van der Waals surface area contributed by atoms with Gasteiger partial charge in [0.05, 0.1) is 5.60 Å². The van der Waals surface area contributed by atoms with Gasteiger partial charge in [-0.25, -0.2) is 0 Å². The number of nitrogens with one attached hydrogen (secondary N) is 1. The summed E-state index contributed by atoms with van der Waals surface area (Å²) in [5.41, 5.74) is 0.409. The van der Waals surface area contributed by atoms with E-state index in [2.05, 4.69) is 5.32 Å². The molecule has 3 nitrogen and oxygen atoms in total. The molecule has 1 saturated carbocycles. The molecule has 0 heterocycles. The summed E-state index contributed by atoms with van der Waals surface area (Å²) in [5, 5.41) is 13.8. The first-order chi connectivity index (χ1) is 9.48. The van der Waals surface area contributed by atoms with Gasteiger partial charge in [-0.3, -0.25) is 4.79 Å². The van der Waals surface area contributed by atoms with Crippen molar-refractivity contribution in [3.8, 4) is 0 Å². The predicted molar refractivity (Wildman–Crippen MR) is 80.7 cm³/mol. The van der Waals surface area contributed by atoms with Gasteiger partial charge in [0.1, 0.15) is 0 Å². The van der Waals surface area contributed by atoms with Gasteiger partial charge in [0.15, 0.2) is 0 Å². The van der Waals surface area contributed by atoms with Crippen molar-refractivity contribution in [1.82, 2.24) is 5.32 Å². The average Bonchev–Trinajstić information content (AvgIpc) is 2.86. The third-order valence-electron chi connectivity index (χ3n) is 4.03. The highest BCUT2D eigenvalue weighted by Crippen LogP contribution is 2.28. The van der Waals surface area contributed by atoms with Gasteiger partial charge in [-0.2, -0.15) is 0 Å². The van der Waals surface area contributed by atoms with Crippen LogP contribution < -0.4 is 5.32 Å². The second-order valence-corrected chi connectivity index (χ2v) is 6.32. The van der Waals surface area contributed by atoms with Gasteiger partial charge < -0.3 is 10.4 Å². The summed E-state index contributed by atoms with van der Waals surface area (Å²) in [4.78, 5) is 12.1. The Balaban J connectivity index is 1.81. The molecule has 0 spiro atoms. The highest BCUT2D eigenvalue weighted by Gasteiger charge is 2.31. The molecule has 1 fully saturated rings. The lowest BCUT2D eigenvalue weighted by molar-refractivity contribution is -0.125. The number of rotatable bonds is 5. The highest BCUT2D eigenvalue weighted by molar-refractivity contribution is 6.30. The van der Waals surface area contributed by atoms with E-state index >= 15 is 0 Å². The van der Waals surface area contributed by atoms with Crippen molar-refractivity contribution in [2.24, 2.45) is 5.92 Å². The van der Waals surface area contributed by atoms with Crippen LogP contribution in [0.25, 0.3) is 0 Å². The van der Waals surface area contributed by atoms with Crippen molar-refractivity contribution in [3.63, 3.8) is 0 Å². The molecule has 2 rings (SSSR count). The zero-order chi connectivity index (χ0) is 14.6. The summed E-state index contributed by atoms with van der Waals surface area (Å²) in [7, 11) is 0. The molecule has 20 heavy (non-hydrogen) atoms. The third-order valence-corrected chi connectivity index (χ3v) is 4.28. The van der Waals surface area contributed by atoms with Crippen LogP contribution in [0, 0.1) is 5.92 Å². The molecule has 1 aromatic carbocycles. The molecule has 1 aromatic rings. The lowest BCUT2D eigenvalue weighted by atomic mass is 9.99. The molecule has 2 N–H and O–H groups in total. The fraction of sp³-hybridized carbons (Fsp3) is 0.562. The lowest BCUT2D eigenvalue weighted by Gasteiger charge is -2.23. The van der Waals surface area contributed by atoms with Gasteiger partial charge >= 0.3 is 0 Å². The Morgan fingerprint density at radius 1 is 1.35 bits per heavy atom. The van der Waals surface area contributed by atoms with Crippen molar-refractivity contribution in [1.29, 1.82) is 0 Å². The van der Waals surface area contributed by atoms with Gasteiger partial charge in [0.25, 0.3) is 0 Å². The van der Waals surface area contributed by atoms with E-state index in [1.807, 2.05) is 31.2 Å². The second-order valence-electron chi connectivity index (χ2n) is 5.88. The number of carbonyl (C=O) groups is 1. The topological polar surface area (TPSA) is 49.3 Å². The monoisotopic (exact) mass is 295 g/mol. The molecule has 0 saturated heterocycles. The van der Waals surface area contributed by atoms with Crippen LogP contribution in [-0.4, -0.2) is 23.2 Å².